The molecule has 0 aromatic heterocycles. The second-order valence-electron chi connectivity index (χ2n) is 5.13. The topological polar surface area (TPSA) is 75.3 Å². The van der Waals surface area contributed by atoms with Crippen LogP contribution in [-0.2, 0) is 12.8 Å². The van der Waals surface area contributed by atoms with Crippen LogP contribution in [0.5, 0.6) is 0 Å². The lowest BCUT2D eigenvalue weighted by atomic mass is 10.0. The predicted octanol–water partition coefficient (Wildman–Crippen LogP) is 4.49. The van der Waals surface area contributed by atoms with Gasteiger partial charge in [-0.3, -0.25) is 0 Å². The van der Waals surface area contributed by atoms with Crippen molar-refractivity contribution in [1.29, 1.82) is 0 Å². The zero-order chi connectivity index (χ0) is 17.0. The normalized spacial score (nSPS) is 10.6. The number of carboxylic acid groups (broad SMARTS) is 1. The summed E-state index contributed by atoms with van der Waals surface area (Å²) < 4.78 is 0. The maximum atomic E-state index is 11.3. The highest BCUT2D eigenvalue weighted by Gasteiger charge is 2.15. The second kappa shape index (κ2) is 7.57. The zero-order valence-electron chi connectivity index (χ0n) is 12.7. The van der Waals surface area contributed by atoms with E-state index in [9.17, 15) is 9.90 Å². The van der Waals surface area contributed by atoms with Crippen LogP contribution >= 0.6 is 23.2 Å². The van der Waals surface area contributed by atoms with Gasteiger partial charge in [-0.2, -0.15) is 0 Å². The Balaban J connectivity index is 2.17. The molecule has 2 aromatic carbocycles. The molecule has 23 heavy (non-hydrogen) atoms. The Morgan fingerprint density at radius 3 is 2.61 bits per heavy atom. The molecule has 0 radical (unpaired) electrons. The Morgan fingerprint density at radius 1 is 1.26 bits per heavy atom. The summed E-state index contributed by atoms with van der Waals surface area (Å²) in [7, 11) is 0. The Kier molecular flexibility index (Phi) is 5.74. The third kappa shape index (κ3) is 4.09. The van der Waals surface area contributed by atoms with Gasteiger partial charge in [0.25, 0.3) is 0 Å². The summed E-state index contributed by atoms with van der Waals surface area (Å²) in [5.74, 6) is -0.953. The molecule has 0 bridgehead atoms. The SMILES string of the molecule is CCc1c(C(=O)O)ccc(N)c1NCCc1ccc(Cl)cc1Cl. The monoisotopic (exact) mass is 352 g/mol. The van der Waals surface area contributed by atoms with Crippen LogP contribution in [0.1, 0.15) is 28.4 Å². The van der Waals surface area contributed by atoms with Gasteiger partial charge >= 0.3 is 5.97 Å². The van der Waals surface area contributed by atoms with Crippen LogP contribution in [0.4, 0.5) is 11.4 Å². The molecule has 0 unspecified atom stereocenters. The summed E-state index contributed by atoms with van der Waals surface area (Å²) in [6.45, 7) is 2.49. The number of hydrogen-bond acceptors (Lipinski definition) is 3. The zero-order valence-corrected chi connectivity index (χ0v) is 14.2. The molecular weight excluding hydrogens is 335 g/mol. The number of aromatic carboxylic acids is 1. The van der Waals surface area contributed by atoms with E-state index in [0.717, 1.165) is 5.56 Å². The molecular formula is C17H18Cl2N2O2. The molecule has 2 rings (SSSR count). The molecule has 0 aliphatic carbocycles. The highest BCUT2D eigenvalue weighted by atomic mass is 35.5. The average Bonchev–Trinajstić information content (AvgIpc) is 2.50. The standard InChI is InChI=1S/C17H18Cl2N2O2/c1-2-12-13(17(22)23)5-6-15(20)16(12)21-8-7-10-3-4-11(18)9-14(10)19/h3-6,9,21H,2,7-8,20H2,1H3,(H,22,23). The smallest absolute Gasteiger partial charge is 0.336 e. The molecule has 2 aromatic rings. The molecule has 0 amide bonds. The molecule has 0 aliphatic rings. The quantitative estimate of drug-likeness (QED) is 0.669. The van der Waals surface area contributed by atoms with Crippen LogP contribution in [0.25, 0.3) is 0 Å². The number of nitrogens with one attached hydrogen (secondary N) is 1. The fraction of sp³-hybridized carbons (Fsp3) is 0.235. The summed E-state index contributed by atoms with van der Waals surface area (Å²) in [5, 5.41) is 13.7. The highest BCUT2D eigenvalue weighted by Crippen LogP contribution is 2.28. The fourth-order valence-electron chi connectivity index (χ4n) is 2.49. The molecule has 122 valence electrons. The first kappa shape index (κ1) is 17.4. The first-order valence-corrected chi connectivity index (χ1v) is 8.02. The van der Waals surface area contributed by atoms with E-state index in [1.54, 1.807) is 18.2 Å². The van der Waals surface area contributed by atoms with Crippen molar-refractivity contribution >= 4 is 40.5 Å². The maximum absolute atomic E-state index is 11.3. The molecule has 4 N–H and O–H groups in total. The van der Waals surface area contributed by atoms with Gasteiger partial charge in [0, 0.05) is 16.6 Å². The minimum Gasteiger partial charge on any atom is -0.478 e. The molecule has 4 nitrogen and oxygen atoms in total. The number of benzene rings is 2. The van der Waals surface area contributed by atoms with E-state index >= 15 is 0 Å². The van der Waals surface area contributed by atoms with Crippen LogP contribution in [0.2, 0.25) is 10.0 Å². The van der Waals surface area contributed by atoms with E-state index < -0.39 is 5.97 Å². The predicted molar refractivity (Wildman–Crippen MR) is 95.8 cm³/mol. The van der Waals surface area contributed by atoms with E-state index in [0.29, 0.717) is 46.4 Å². The second-order valence-corrected chi connectivity index (χ2v) is 5.97. The number of hydrogen-bond donors (Lipinski definition) is 3. The Morgan fingerprint density at radius 2 is 2.00 bits per heavy atom. The molecule has 0 spiro atoms. The van der Waals surface area contributed by atoms with Gasteiger partial charge in [0.2, 0.25) is 0 Å². The van der Waals surface area contributed by atoms with Crippen molar-refractivity contribution < 1.29 is 9.90 Å². The van der Waals surface area contributed by atoms with Crippen LogP contribution in [0.3, 0.4) is 0 Å². The van der Waals surface area contributed by atoms with E-state index in [1.165, 1.54) is 6.07 Å². The van der Waals surface area contributed by atoms with Crippen molar-refractivity contribution in [1.82, 2.24) is 0 Å². The lowest BCUT2D eigenvalue weighted by molar-refractivity contribution is 0.0696. The average molecular weight is 353 g/mol. The van der Waals surface area contributed by atoms with Gasteiger partial charge in [0.1, 0.15) is 0 Å². The van der Waals surface area contributed by atoms with E-state index in [4.69, 9.17) is 28.9 Å². The minimum absolute atomic E-state index is 0.272. The number of nitrogens with two attached hydrogens (primary N) is 1. The van der Waals surface area contributed by atoms with Crippen LogP contribution in [0, 0.1) is 0 Å². The van der Waals surface area contributed by atoms with E-state index in [2.05, 4.69) is 5.32 Å². The van der Waals surface area contributed by atoms with Crippen LogP contribution in [-0.4, -0.2) is 17.6 Å². The van der Waals surface area contributed by atoms with Crippen molar-refractivity contribution in [2.75, 3.05) is 17.6 Å². The summed E-state index contributed by atoms with van der Waals surface area (Å²) in [6, 6.07) is 8.52. The van der Waals surface area contributed by atoms with Crippen molar-refractivity contribution in [2.24, 2.45) is 0 Å². The van der Waals surface area contributed by atoms with Crippen LogP contribution < -0.4 is 11.1 Å². The maximum Gasteiger partial charge on any atom is 0.336 e. The number of nitrogen functional groups attached to an aromatic ring is 1. The van der Waals surface area contributed by atoms with Crippen molar-refractivity contribution in [3.05, 3.63) is 57.1 Å². The number of anilines is 2. The minimum atomic E-state index is -0.953. The molecule has 0 heterocycles. The molecule has 0 atom stereocenters. The van der Waals surface area contributed by atoms with E-state index in [-0.39, 0.29) is 5.56 Å². The van der Waals surface area contributed by atoms with Crippen molar-refractivity contribution in [3.63, 3.8) is 0 Å². The van der Waals surface area contributed by atoms with Gasteiger partial charge in [0.05, 0.1) is 16.9 Å². The fourth-order valence-corrected chi connectivity index (χ4v) is 2.99. The summed E-state index contributed by atoms with van der Waals surface area (Å²) >= 11 is 12.0. The van der Waals surface area contributed by atoms with Crippen molar-refractivity contribution in [3.8, 4) is 0 Å². The van der Waals surface area contributed by atoms with Gasteiger partial charge in [0.15, 0.2) is 0 Å². The van der Waals surface area contributed by atoms with Gasteiger partial charge in [-0.15, -0.1) is 0 Å². The first-order valence-electron chi connectivity index (χ1n) is 7.26. The summed E-state index contributed by atoms with van der Waals surface area (Å²) in [5.41, 5.74) is 9.16. The summed E-state index contributed by atoms with van der Waals surface area (Å²) in [6.07, 6.45) is 1.26. The van der Waals surface area contributed by atoms with Gasteiger partial charge in [-0.1, -0.05) is 36.2 Å². The highest BCUT2D eigenvalue weighted by molar-refractivity contribution is 6.35. The van der Waals surface area contributed by atoms with Gasteiger partial charge < -0.3 is 16.2 Å². The van der Waals surface area contributed by atoms with Crippen LogP contribution in [0.15, 0.2) is 30.3 Å². The Hall–Kier alpha value is -1.91. The molecule has 0 aliphatic heterocycles. The molecule has 6 heteroatoms. The lowest BCUT2D eigenvalue weighted by Crippen LogP contribution is -2.12. The third-order valence-electron chi connectivity index (χ3n) is 3.64. The number of carbonyl (C=O) groups is 1. The van der Waals surface area contributed by atoms with E-state index in [1.807, 2.05) is 13.0 Å². The number of rotatable bonds is 6. The molecule has 0 fully saturated rings. The van der Waals surface area contributed by atoms with Crippen molar-refractivity contribution in [2.45, 2.75) is 19.8 Å². The molecule has 0 saturated carbocycles. The Labute approximate surface area is 145 Å². The Bertz CT molecular complexity index is 733. The lowest BCUT2D eigenvalue weighted by Gasteiger charge is -2.16. The third-order valence-corrected chi connectivity index (χ3v) is 4.23. The summed E-state index contributed by atoms with van der Waals surface area (Å²) in [4.78, 5) is 11.3. The van der Waals surface area contributed by atoms with Gasteiger partial charge in [-0.25, -0.2) is 4.79 Å². The number of carboxylic acids is 1. The van der Waals surface area contributed by atoms with Gasteiger partial charge in [-0.05, 0) is 48.2 Å². The number of halogens is 2. The largest absolute Gasteiger partial charge is 0.478 e. The first-order chi connectivity index (χ1) is 10.9. The molecule has 0 saturated heterocycles.